The number of pyridine rings is 1. The Balaban J connectivity index is 1.45. The summed E-state index contributed by atoms with van der Waals surface area (Å²) in [5, 5.41) is 0.491. The van der Waals surface area contributed by atoms with Gasteiger partial charge < -0.3 is 4.74 Å². The molecular weight excluding hydrogens is 367 g/mol. The number of hydrogen-bond acceptors (Lipinski definition) is 4. The Morgan fingerprint density at radius 1 is 0.885 bits per heavy atom. The third-order valence-corrected chi connectivity index (χ3v) is 4.45. The monoisotopic (exact) mass is 385 g/mol. The minimum absolute atomic E-state index is 0.192. The molecule has 0 bridgehead atoms. The molecular formula is C18H19ClF3N3O. The van der Waals surface area contributed by atoms with Crippen molar-refractivity contribution in [2.75, 3.05) is 26.2 Å². The van der Waals surface area contributed by atoms with E-state index in [1.54, 1.807) is 24.4 Å². The molecule has 0 radical (unpaired) electrons. The van der Waals surface area contributed by atoms with Crippen LogP contribution in [0.1, 0.15) is 11.1 Å². The van der Waals surface area contributed by atoms with Gasteiger partial charge in [-0.15, -0.1) is 13.2 Å². The van der Waals surface area contributed by atoms with E-state index in [1.807, 2.05) is 6.07 Å². The first-order valence-corrected chi connectivity index (χ1v) is 8.65. The van der Waals surface area contributed by atoms with Crippen LogP contribution >= 0.6 is 11.6 Å². The van der Waals surface area contributed by atoms with E-state index < -0.39 is 6.36 Å². The molecule has 0 amide bonds. The van der Waals surface area contributed by atoms with Gasteiger partial charge in [0.25, 0.3) is 0 Å². The van der Waals surface area contributed by atoms with Crippen LogP contribution in [0.5, 0.6) is 5.75 Å². The molecule has 0 N–H and O–H groups in total. The summed E-state index contributed by atoms with van der Waals surface area (Å²) < 4.78 is 40.4. The van der Waals surface area contributed by atoms with E-state index in [-0.39, 0.29) is 5.75 Å². The highest BCUT2D eigenvalue weighted by Crippen LogP contribution is 2.23. The molecule has 8 heteroatoms. The maximum Gasteiger partial charge on any atom is 0.573 e. The van der Waals surface area contributed by atoms with Crippen LogP contribution in [0.25, 0.3) is 0 Å². The van der Waals surface area contributed by atoms with E-state index in [0.29, 0.717) is 11.7 Å². The zero-order chi connectivity index (χ0) is 18.6. The van der Waals surface area contributed by atoms with Gasteiger partial charge in [-0.2, -0.15) is 0 Å². The molecule has 1 aliphatic rings. The summed E-state index contributed by atoms with van der Waals surface area (Å²) in [7, 11) is 0. The van der Waals surface area contributed by atoms with Gasteiger partial charge in [-0.25, -0.2) is 4.98 Å². The lowest BCUT2D eigenvalue weighted by Gasteiger charge is -2.34. The summed E-state index contributed by atoms with van der Waals surface area (Å²) in [4.78, 5) is 8.73. The SMILES string of the molecule is FC(F)(F)Oc1ccc(CN2CCN(Cc3ccc(Cl)nc3)CC2)cc1. The quantitative estimate of drug-likeness (QED) is 0.729. The third kappa shape index (κ3) is 5.86. The van der Waals surface area contributed by atoms with Gasteiger partial charge in [-0.3, -0.25) is 9.80 Å². The van der Waals surface area contributed by atoms with E-state index in [4.69, 9.17) is 11.6 Å². The van der Waals surface area contributed by atoms with Crippen molar-refractivity contribution < 1.29 is 17.9 Å². The van der Waals surface area contributed by atoms with Crippen LogP contribution < -0.4 is 4.74 Å². The van der Waals surface area contributed by atoms with E-state index in [9.17, 15) is 13.2 Å². The van der Waals surface area contributed by atoms with Crippen LogP contribution in [0, 0.1) is 0 Å². The highest BCUT2D eigenvalue weighted by Gasteiger charge is 2.31. The summed E-state index contributed by atoms with van der Waals surface area (Å²) in [6.45, 7) is 5.21. The number of hydrogen-bond donors (Lipinski definition) is 0. The lowest BCUT2D eigenvalue weighted by atomic mass is 10.2. The van der Waals surface area contributed by atoms with Crippen molar-refractivity contribution in [1.82, 2.24) is 14.8 Å². The van der Waals surface area contributed by atoms with Gasteiger partial charge in [-0.1, -0.05) is 29.8 Å². The molecule has 1 fully saturated rings. The normalized spacial score (nSPS) is 16.6. The molecule has 0 atom stereocenters. The maximum absolute atomic E-state index is 12.2. The minimum Gasteiger partial charge on any atom is -0.406 e. The highest BCUT2D eigenvalue weighted by atomic mass is 35.5. The summed E-state index contributed by atoms with van der Waals surface area (Å²) in [5.74, 6) is -0.192. The van der Waals surface area contributed by atoms with Crippen molar-refractivity contribution in [3.63, 3.8) is 0 Å². The molecule has 0 aliphatic carbocycles. The van der Waals surface area contributed by atoms with E-state index >= 15 is 0 Å². The Hall–Kier alpha value is -1.83. The second-order valence-corrected chi connectivity index (χ2v) is 6.62. The first-order chi connectivity index (χ1) is 12.4. The van der Waals surface area contributed by atoms with Crippen molar-refractivity contribution in [2.45, 2.75) is 19.5 Å². The van der Waals surface area contributed by atoms with Crippen LogP contribution in [0.4, 0.5) is 13.2 Å². The predicted octanol–water partition coefficient (Wildman–Crippen LogP) is 3.95. The van der Waals surface area contributed by atoms with Gasteiger partial charge in [0, 0.05) is 45.5 Å². The van der Waals surface area contributed by atoms with Crippen LogP contribution in [0.3, 0.4) is 0 Å². The average molecular weight is 386 g/mol. The smallest absolute Gasteiger partial charge is 0.406 e. The van der Waals surface area contributed by atoms with Crippen molar-refractivity contribution in [1.29, 1.82) is 0 Å². The summed E-state index contributed by atoms with van der Waals surface area (Å²) in [6, 6.07) is 9.82. The predicted molar refractivity (Wildman–Crippen MR) is 92.9 cm³/mol. The third-order valence-electron chi connectivity index (χ3n) is 4.22. The van der Waals surface area contributed by atoms with E-state index in [0.717, 1.165) is 43.9 Å². The lowest BCUT2D eigenvalue weighted by Crippen LogP contribution is -2.45. The average Bonchev–Trinajstić information content (AvgIpc) is 2.59. The zero-order valence-electron chi connectivity index (χ0n) is 14.0. The summed E-state index contributed by atoms with van der Waals surface area (Å²) >= 11 is 5.80. The molecule has 1 aliphatic heterocycles. The molecule has 0 saturated carbocycles. The molecule has 0 unspecified atom stereocenters. The van der Waals surface area contributed by atoms with Gasteiger partial charge in [0.1, 0.15) is 10.9 Å². The number of rotatable bonds is 5. The fourth-order valence-electron chi connectivity index (χ4n) is 2.92. The summed E-state index contributed by atoms with van der Waals surface area (Å²) in [6.07, 6.45) is -2.86. The number of aromatic nitrogens is 1. The number of benzene rings is 1. The van der Waals surface area contributed by atoms with Crippen LogP contribution in [-0.4, -0.2) is 47.3 Å². The highest BCUT2D eigenvalue weighted by molar-refractivity contribution is 6.29. The van der Waals surface area contributed by atoms with Crippen molar-refractivity contribution in [3.8, 4) is 5.75 Å². The van der Waals surface area contributed by atoms with Crippen molar-refractivity contribution in [3.05, 3.63) is 58.9 Å². The van der Waals surface area contributed by atoms with Crippen LogP contribution in [-0.2, 0) is 13.1 Å². The molecule has 4 nitrogen and oxygen atoms in total. The fraction of sp³-hybridized carbons (Fsp3) is 0.389. The van der Waals surface area contributed by atoms with Gasteiger partial charge in [-0.05, 0) is 29.3 Å². The Bertz CT molecular complexity index is 699. The second kappa shape index (κ2) is 8.24. The van der Waals surface area contributed by atoms with Gasteiger partial charge in [0.15, 0.2) is 0 Å². The largest absolute Gasteiger partial charge is 0.573 e. The molecule has 0 spiro atoms. The Morgan fingerprint density at radius 3 is 1.92 bits per heavy atom. The molecule has 26 heavy (non-hydrogen) atoms. The Labute approximate surface area is 155 Å². The summed E-state index contributed by atoms with van der Waals surface area (Å²) in [5.41, 5.74) is 2.10. The molecule has 1 aromatic heterocycles. The number of alkyl halides is 3. The van der Waals surface area contributed by atoms with Gasteiger partial charge in [0.2, 0.25) is 0 Å². The first-order valence-electron chi connectivity index (χ1n) is 8.27. The molecule has 140 valence electrons. The van der Waals surface area contributed by atoms with E-state index in [2.05, 4.69) is 19.5 Å². The molecule has 2 heterocycles. The Kier molecular flexibility index (Phi) is 6.01. The van der Waals surface area contributed by atoms with Crippen molar-refractivity contribution in [2.24, 2.45) is 0 Å². The molecule has 1 aromatic carbocycles. The van der Waals surface area contributed by atoms with Gasteiger partial charge in [0.05, 0.1) is 0 Å². The number of piperazine rings is 1. The number of ether oxygens (including phenoxy) is 1. The maximum atomic E-state index is 12.2. The van der Waals surface area contributed by atoms with Crippen LogP contribution in [0.2, 0.25) is 5.15 Å². The molecule has 1 saturated heterocycles. The molecule has 2 aromatic rings. The van der Waals surface area contributed by atoms with E-state index in [1.165, 1.54) is 12.1 Å². The van der Waals surface area contributed by atoms with Crippen molar-refractivity contribution >= 4 is 11.6 Å². The second-order valence-electron chi connectivity index (χ2n) is 6.23. The first kappa shape index (κ1) is 18.9. The standard InChI is InChI=1S/C18H19ClF3N3O/c19-17-6-3-15(11-23-17)13-25-9-7-24(8-10-25)12-14-1-4-16(5-2-14)26-18(20,21)22/h1-6,11H,7-10,12-13H2. The Morgan fingerprint density at radius 2 is 1.42 bits per heavy atom. The zero-order valence-corrected chi connectivity index (χ0v) is 14.8. The topological polar surface area (TPSA) is 28.6 Å². The number of nitrogens with zero attached hydrogens (tertiary/aromatic N) is 3. The number of halogens is 4. The molecule has 3 rings (SSSR count). The lowest BCUT2D eigenvalue weighted by molar-refractivity contribution is -0.274. The minimum atomic E-state index is -4.66. The fourth-order valence-corrected chi connectivity index (χ4v) is 3.03. The van der Waals surface area contributed by atoms with Crippen LogP contribution in [0.15, 0.2) is 42.6 Å². The van der Waals surface area contributed by atoms with Gasteiger partial charge >= 0.3 is 6.36 Å².